The highest BCUT2D eigenvalue weighted by Gasteiger charge is 2.47. The van der Waals surface area contributed by atoms with Crippen molar-refractivity contribution in [3.8, 4) is 0 Å². The van der Waals surface area contributed by atoms with E-state index in [1.165, 1.54) is 32.1 Å². The normalized spacial score (nSPS) is 38.6. The first kappa shape index (κ1) is 8.30. The average molecular weight is 184 g/mol. The van der Waals surface area contributed by atoms with Gasteiger partial charge in [0.15, 0.2) is 5.11 Å². The highest BCUT2D eigenvalue weighted by atomic mass is 32.1. The van der Waals surface area contributed by atoms with E-state index in [0.29, 0.717) is 10.7 Å². The molecule has 0 spiro atoms. The van der Waals surface area contributed by atoms with E-state index in [1.807, 2.05) is 0 Å². The molecule has 2 N–H and O–H groups in total. The zero-order valence-corrected chi connectivity index (χ0v) is 8.36. The monoisotopic (exact) mass is 184 g/mol. The minimum Gasteiger partial charge on any atom is -0.376 e. The topological polar surface area (TPSA) is 29.3 Å². The maximum Gasteiger partial charge on any atom is 0.166 e. The number of fused-ring (bicyclic) bond motifs is 2. The van der Waals surface area contributed by atoms with Crippen molar-refractivity contribution in [2.24, 2.45) is 11.7 Å². The van der Waals surface area contributed by atoms with Gasteiger partial charge in [-0.3, -0.25) is 0 Å². The molecular weight excluding hydrogens is 168 g/mol. The van der Waals surface area contributed by atoms with Crippen molar-refractivity contribution in [2.75, 3.05) is 7.05 Å². The largest absolute Gasteiger partial charge is 0.376 e. The number of nitrogens with two attached hydrogens (primary N) is 1. The second kappa shape index (κ2) is 2.59. The van der Waals surface area contributed by atoms with Crippen LogP contribution in [0, 0.1) is 5.92 Å². The predicted octanol–water partition coefficient (Wildman–Crippen LogP) is 1.49. The third kappa shape index (κ3) is 1.03. The van der Waals surface area contributed by atoms with Crippen LogP contribution in [0.15, 0.2) is 0 Å². The van der Waals surface area contributed by atoms with Crippen molar-refractivity contribution in [3.05, 3.63) is 0 Å². The number of thiocarbonyl (C=S) groups is 1. The van der Waals surface area contributed by atoms with E-state index in [9.17, 15) is 0 Å². The van der Waals surface area contributed by atoms with Crippen LogP contribution in [-0.4, -0.2) is 22.6 Å². The fourth-order valence-electron chi connectivity index (χ4n) is 2.87. The summed E-state index contributed by atoms with van der Waals surface area (Å²) in [4.78, 5) is 2.13. The van der Waals surface area contributed by atoms with Gasteiger partial charge in [-0.05, 0) is 50.2 Å². The minimum atomic E-state index is 0.358. The lowest BCUT2D eigenvalue weighted by Gasteiger charge is -2.37. The van der Waals surface area contributed by atoms with E-state index < -0.39 is 0 Å². The fourth-order valence-corrected chi connectivity index (χ4v) is 3.06. The van der Waals surface area contributed by atoms with Gasteiger partial charge in [0, 0.05) is 12.6 Å². The molecule has 68 valence electrons. The van der Waals surface area contributed by atoms with Crippen LogP contribution in [0.1, 0.15) is 32.1 Å². The Labute approximate surface area is 79.1 Å². The van der Waals surface area contributed by atoms with Crippen molar-refractivity contribution in [2.45, 2.75) is 37.6 Å². The summed E-state index contributed by atoms with van der Waals surface area (Å²) in [6.07, 6.45) is 6.68. The van der Waals surface area contributed by atoms with Crippen LogP contribution < -0.4 is 5.73 Å². The number of nitrogens with zero attached hydrogens (tertiary/aromatic N) is 1. The van der Waals surface area contributed by atoms with Gasteiger partial charge in [0.25, 0.3) is 0 Å². The Balaban J connectivity index is 2.15. The zero-order chi connectivity index (χ0) is 8.77. The van der Waals surface area contributed by atoms with Crippen molar-refractivity contribution in [1.82, 2.24) is 4.90 Å². The first-order valence-corrected chi connectivity index (χ1v) is 5.08. The molecule has 0 atom stereocenters. The Kier molecular flexibility index (Phi) is 1.79. The van der Waals surface area contributed by atoms with Crippen molar-refractivity contribution >= 4 is 17.3 Å². The molecule has 2 saturated carbocycles. The molecule has 2 fully saturated rings. The zero-order valence-electron chi connectivity index (χ0n) is 7.55. The van der Waals surface area contributed by atoms with Gasteiger partial charge in [0.1, 0.15) is 0 Å². The Morgan fingerprint density at radius 2 is 2.08 bits per heavy atom. The molecule has 0 aromatic rings. The van der Waals surface area contributed by atoms with Gasteiger partial charge in [-0.25, -0.2) is 0 Å². The maximum atomic E-state index is 5.65. The summed E-state index contributed by atoms with van der Waals surface area (Å²) < 4.78 is 0. The molecule has 2 bridgehead atoms. The first-order chi connectivity index (χ1) is 5.64. The second-order valence-corrected chi connectivity index (χ2v) is 4.69. The van der Waals surface area contributed by atoms with E-state index in [0.717, 1.165) is 5.92 Å². The summed E-state index contributed by atoms with van der Waals surface area (Å²) in [5.74, 6) is 0.960. The summed E-state index contributed by atoms with van der Waals surface area (Å²) in [6.45, 7) is 0. The van der Waals surface area contributed by atoms with Crippen LogP contribution in [0.2, 0.25) is 0 Å². The molecular formula is C9H16N2S. The molecule has 0 saturated heterocycles. The molecule has 2 aliphatic rings. The first-order valence-electron chi connectivity index (χ1n) is 4.67. The van der Waals surface area contributed by atoms with Crippen molar-refractivity contribution in [1.29, 1.82) is 0 Å². The van der Waals surface area contributed by atoms with E-state index in [4.69, 9.17) is 18.0 Å². The van der Waals surface area contributed by atoms with Crippen LogP contribution >= 0.6 is 12.2 Å². The summed E-state index contributed by atoms with van der Waals surface area (Å²) >= 11 is 5.02. The van der Waals surface area contributed by atoms with Crippen LogP contribution in [0.3, 0.4) is 0 Å². The van der Waals surface area contributed by atoms with Gasteiger partial charge in [0.05, 0.1) is 0 Å². The average Bonchev–Trinajstić information content (AvgIpc) is 2.62. The highest BCUT2D eigenvalue weighted by molar-refractivity contribution is 7.80. The highest BCUT2D eigenvalue weighted by Crippen LogP contribution is 2.50. The molecule has 0 aromatic heterocycles. The summed E-state index contributed by atoms with van der Waals surface area (Å²) in [5.41, 5.74) is 6.01. The van der Waals surface area contributed by atoms with Gasteiger partial charge >= 0.3 is 0 Å². The van der Waals surface area contributed by atoms with Crippen molar-refractivity contribution < 1.29 is 0 Å². The van der Waals surface area contributed by atoms with Gasteiger partial charge < -0.3 is 10.6 Å². The lowest BCUT2D eigenvalue weighted by molar-refractivity contribution is 0.213. The molecule has 0 unspecified atom stereocenters. The Hall–Kier alpha value is -0.310. The summed E-state index contributed by atoms with van der Waals surface area (Å²) in [7, 11) is 2.05. The number of rotatable bonds is 1. The summed E-state index contributed by atoms with van der Waals surface area (Å²) in [5, 5.41) is 0.567. The molecule has 0 aromatic carbocycles. The Bertz CT molecular complexity index is 207. The molecule has 2 aliphatic carbocycles. The molecule has 2 nitrogen and oxygen atoms in total. The quantitative estimate of drug-likeness (QED) is 0.626. The van der Waals surface area contributed by atoms with Crippen LogP contribution in [0.25, 0.3) is 0 Å². The lowest BCUT2D eigenvalue weighted by atomic mass is 9.92. The maximum absolute atomic E-state index is 5.65. The summed E-state index contributed by atoms with van der Waals surface area (Å²) in [6, 6.07) is 0. The Morgan fingerprint density at radius 1 is 1.50 bits per heavy atom. The van der Waals surface area contributed by atoms with Gasteiger partial charge in [-0.1, -0.05) is 0 Å². The van der Waals surface area contributed by atoms with E-state index >= 15 is 0 Å². The Morgan fingerprint density at radius 3 is 2.42 bits per heavy atom. The van der Waals surface area contributed by atoms with Gasteiger partial charge in [-0.15, -0.1) is 0 Å². The fraction of sp³-hybridized carbons (Fsp3) is 0.889. The second-order valence-electron chi connectivity index (χ2n) is 4.27. The van der Waals surface area contributed by atoms with E-state index in [2.05, 4.69) is 11.9 Å². The molecule has 0 heterocycles. The van der Waals surface area contributed by atoms with Crippen molar-refractivity contribution in [3.63, 3.8) is 0 Å². The molecule has 3 heteroatoms. The number of hydrogen-bond donors (Lipinski definition) is 1. The molecule has 2 rings (SSSR count). The van der Waals surface area contributed by atoms with E-state index in [1.54, 1.807) is 0 Å². The molecule has 0 amide bonds. The van der Waals surface area contributed by atoms with Gasteiger partial charge in [-0.2, -0.15) is 0 Å². The lowest BCUT2D eigenvalue weighted by Crippen LogP contribution is -2.48. The standard InChI is InChI=1S/C9H16N2S/c1-11(8(10)12)9-4-2-7(6-9)3-5-9/h7H,2-6H2,1H3,(H2,10,12). The third-order valence-corrected chi connectivity index (χ3v) is 4.02. The smallest absolute Gasteiger partial charge is 0.166 e. The van der Waals surface area contributed by atoms with E-state index in [-0.39, 0.29) is 0 Å². The predicted molar refractivity (Wildman–Crippen MR) is 53.9 cm³/mol. The van der Waals surface area contributed by atoms with Crippen LogP contribution in [0.5, 0.6) is 0 Å². The molecule has 0 radical (unpaired) electrons. The molecule has 0 aliphatic heterocycles. The van der Waals surface area contributed by atoms with Crippen LogP contribution in [0.4, 0.5) is 0 Å². The molecule has 12 heavy (non-hydrogen) atoms. The SMILES string of the molecule is CN(C(N)=S)C12CCC(CC1)C2. The van der Waals surface area contributed by atoms with Gasteiger partial charge in [0.2, 0.25) is 0 Å². The number of hydrogen-bond acceptors (Lipinski definition) is 1. The third-order valence-electron chi connectivity index (χ3n) is 3.75. The van der Waals surface area contributed by atoms with Crippen LogP contribution in [-0.2, 0) is 0 Å². The minimum absolute atomic E-state index is 0.358.